The van der Waals surface area contributed by atoms with E-state index in [9.17, 15) is 0 Å². The molecule has 114 valence electrons. The van der Waals surface area contributed by atoms with Gasteiger partial charge in [-0.05, 0) is 92.4 Å². The molecule has 0 aliphatic heterocycles. The van der Waals surface area contributed by atoms with Gasteiger partial charge in [0.2, 0.25) is 0 Å². The first kappa shape index (κ1) is 13.6. The van der Waals surface area contributed by atoms with Crippen LogP contribution in [0.5, 0.6) is 5.75 Å². The van der Waals surface area contributed by atoms with E-state index in [1.165, 1.54) is 38.5 Å². The molecule has 2 nitrogen and oxygen atoms in total. The van der Waals surface area contributed by atoms with Gasteiger partial charge in [0.05, 0.1) is 6.61 Å². The third kappa shape index (κ3) is 2.48. The average molecular weight is 285 g/mol. The zero-order valence-corrected chi connectivity index (χ0v) is 12.9. The Morgan fingerprint density at radius 1 is 0.952 bits per heavy atom. The highest BCUT2D eigenvalue weighted by Crippen LogP contribution is 2.60. The molecule has 4 saturated carbocycles. The molecule has 2 heteroatoms. The fourth-order valence-corrected chi connectivity index (χ4v) is 5.64. The van der Waals surface area contributed by atoms with Gasteiger partial charge in [-0.15, -0.1) is 0 Å². The van der Waals surface area contributed by atoms with Crippen molar-refractivity contribution in [3.05, 3.63) is 29.8 Å². The van der Waals surface area contributed by atoms with Crippen molar-refractivity contribution in [2.75, 3.05) is 13.2 Å². The lowest BCUT2D eigenvalue weighted by Crippen LogP contribution is -2.48. The quantitative estimate of drug-likeness (QED) is 0.833. The van der Waals surface area contributed by atoms with Crippen LogP contribution in [0, 0.1) is 17.8 Å². The van der Waals surface area contributed by atoms with Gasteiger partial charge in [0.15, 0.2) is 0 Å². The van der Waals surface area contributed by atoms with Crippen LogP contribution in [0.2, 0.25) is 0 Å². The molecule has 4 aliphatic carbocycles. The van der Waals surface area contributed by atoms with Crippen LogP contribution in [0.4, 0.5) is 0 Å². The molecule has 0 atom stereocenters. The van der Waals surface area contributed by atoms with Crippen molar-refractivity contribution in [2.24, 2.45) is 23.5 Å². The summed E-state index contributed by atoms with van der Waals surface area (Å²) in [5, 5.41) is 0. The predicted octanol–water partition coefficient (Wildman–Crippen LogP) is 3.88. The molecular weight excluding hydrogens is 258 g/mol. The second-order valence-corrected chi connectivity index (χ2v) is 7.71. The lowest BCUT2D eigenvalue weighted by Gasteiger charge is -2.57. The first-order valence-corrected chi connectivity index (χ1v) is 8.71. The zero-order valence-electron chi connectivity index (χ0n) is 12.9. The minimum atomic E-state index is 0.505. The van der Waals surface area contributed by atoms with Crippen molar-refractivity contribution >= 4 is 0 Å². The van der Waals surface area contributed by atoms with Crippen LogP contribution in [0.1, 0.15) is 50.5 Å². The Labute approximate surface area is 128 Å². The highest BCUT2D eigenvalue weighted by Gasteiger charge is 2.51. The molecule has 0 amide bonds. The van der Waals surface area contributed by atoms with Crippen LogP contribution >= 0.6 is 0 Å². The Morgan fingerprint density at radius 3 is 2.05 bits per heavy atom. The van der Waals surface area contributed by atoms with Crippen LogP contribution in [-0.2, 0) is 5.41 Å². The van der Waals surface area contributed by atoms with E-state index >= 15 is 0 Å². The summed E-state index contributed by atoms with van der Waals surface area (Å²) < 4.78 is 5.74. The number of nitrogens with two attached hydrogens (primary N) is 1. The average Bonchev–Trinajstić information content (AvgIpc) is 2.47. The van der Waals surface area contributed by atoms with Crippen LogP contribution in [0.15, 0.2) is 24.3 Å². The number of ether oxygens (including phenoxy) is 1. The van der Waals surface area contributed by atoms with Crippen LogP contribution in [0.25, 0.3) is 0 Å². The van der Waals surface area contributed by atoms with E-state index in [1.807, 2.05) is 0 Å². The lowest BCUT2D eigenvalue weighted by atomic mass is 9.48. The van der Waals surface area contributed by atoms with E-state index in [0.29, 0.717) is 12.0 Å². The second-order valence-electron chi connectivity index (χ2n) is 7.71. The maximum Gasteiger partial charge on any atom is 0.119 e. The fourth-order valence-electron chi connectivity index (χ4n) is 5.64. The van der Waals surface area contributed by atoms with E-state index in [2.05, 4.69) is 24.3 Å². The Balaban J connectivity index is 1.51. The minimum Gasteiger partial charge on any atom is -0.494 e. The molecule has 0 saturated heterocycles. The van der Waals surface area contributed by atoms with E-state index in [-0.39, 0.29) is 0 Å². The summed E-state index contributed by atoms with van der Waals surface area (Å²) in [5.41, 5.74) is 7.59. The minimum absolute atomic E-state index is 0.505. The van der Waals surface area contributed by atoms with Crippen molar-refractivity contribution in [3.63, 3.8) is 0 Å². The molecule has 1 aromatic rings. The normalized spacial score (nSPS) is 36.9. The van der Waals surface area contributed by atoms with Crippen molar-refractivity contribution in [2.45, 2.75) is 50.4 Å². The van der Waals surface area contributed by atoms with Gasteiger partial charge in [-0.3, -0.25) is 0 Å². The first-order chi connectivity index (χ1) is 10.3. The summed E-state index contributed by atoms with van der Waals surface area (Å²) in [7, 11) is 0. The number of hydrogen-bond acceptors (Lipinski definition) is 2. The Bertz CT molecular complexity index is 458. The molecule has 0 heterocycles. The second kappa shape index (κ2) is 5.31. The summed E-state index contributed by atoms with van der Waals surface area (Å²) in [5.74, 6) is 4.03. The molecule has 4 fully saturated rings. The Kier molecular flexibility index (Phi) is 3.45. The summed E-state index contributed by atoms with van der Waals surface area (Å²) in [6.45, 7) is 1.43. The Morgan fingerprint density at radius 2 is 1.52 bits per heavy atom. The standard InChI is InChI=1S/C19H27NO/c20-6-1-7-21-18-4-2-17(3-5-18)19-11-14-8-15(12-19)10-16(9-14)13-19/h2-5,14-16H,1,6-13,20H2. The molecule has 21 heavy (non-hydrogen) atoms. The number of hydrogen-bond donors (Lipinski definition) is 1. The summed E-state index contributed by atoms with van der Waals surface area (Å²) >= 11 is 0. The molecule has 4 aliphatic rings. The monoisotopic (exact) mass is 285 g/mol. The van der Waals surface area contributed by atoms with E-state index in [0.717, 1.165) is 36.5 Å². The smallest absolute Gasteiger partial charge is 0.119 e. The molecule has 5 rings (SSSR count). The highest BCUT2D eigenvalue weighted by molar-refractivity contribution is 5.34. The first-order valence-electron chi connectivity index (χ1n) is 8.71. The van der Waals surface area contributed by atoms with Crippen molar-refractivity contribution in [1.29, 1.82) is 0 Å². The maximum absolute atomic E-state index is 5.74. The van der Waals surface area contributed by atoms with Gasteiger partial charge < -0.3 is 10.5 Å². The van der Waals surface area contributed by atoms with Gasteiger partial charge in [0.1, 0.15) is 5.75 Å². The van der Waals surface area contributed by atoms with Gasteiger partial charge in [-0.1, -0.05) is 12.1 Å². The molecule has 4 bridgehead atoms. The van der Waals surface area contributed by atoms with E-state index in [1.54, 1.807) is 5.56 Å². The van der Waals surface area contributed by atoms with Gasteiger partial charge in [-0.2, -0.15) is 0 Å². The van der Waals surface area contributed by atoms with Gasteiger partial charge in [0, 0.05) is 0 Å². The van der Waals surface area contributed by atoms with E-state index < -0.39 is 0 Å². The molecule has 1 aromatic carbocycles. The van der Waals surface area contributed by atoms with Gasteiger partial charge in [0.25, 0.3) is 0 Å². The summed E-state index contributed by atoms with van der Waals surface area (Å²) in [6, 6.07) is 9.02. The lowest BCUT2D eigenvalue weighted by molar-refractivity contribution is -0.00520. The number of benzene rings is 1. The van der Waals surface area contributed by atoms with Crippen LogP contribution in [0.3, 0.4) is 0 Å². The van der Waals surface area contributed by atoms with Crippen molar-refractivity contribution in [1.82, 2.24) is 0 Å². The van der Waals surface area contributed by atoms with Gasteiger partial charge >= 0.3 is 0 Å². The third-order valence-electron chi connectivity index (χ3n) is 6.12. The molecule has 0 unspecified atom stereocenters. The molecular formula is C19H27NO. The van der Waals surface area contributed by atoms with Gasteiger partial charge in [-0.25, -0.2) is 0 Å². The summed E-state index contributed by atoms with van der Waals surface area (Å²) in [6.07, 6.45) is 9.78. The highest BCUT2D eigenvalue weighted by atomic mass is 16.5. The number of rotatable bonds is 5. The predicted molar refractivity (Wildman–Crippen MR) is 85.5 cm³/mol. The largest absolute Gasteiger partial charge is 0.494 e. The van der Waals surface area contributed by atoms with Crippen molar-refractivity contribution < 1.29 is 4.74 Å². The third-order valence-corrected chi connectivity index (χ3v) is 6.12. The zero-order chi connectivity index (χ0) is 14.3. The maximum atomic E-state index is 5.74. The van der Waals surface area contributed by atoms with E-state index in [4.69, 9.17) is 10.5 Å². The topological polar surface area (TPSA) is 35.2 Å². The molecule has 0 radical (unpaired) electrons. The summed E-state index contributed by atoms with van der Waals surface area (Å²) in [4.78, 5) is 0. The van der Waals surface area contributed by atoms with Crippen LogP contribution < -0.4 is 10.5 Å². The molecule has 0 aromatic heterocycles. The van der Waals surface area contributed by atoms with Crippen molar-refractivity contribution in [3.8, 4) is 5.75 Å². The SMILES string of the molecule is NCCCOc1ccc(C23CC4CC(CC(C4)C2)C3)cc1. The molecule has 2 N–H and O–H groups in total. The molecule has 0 spiro atoms. The fraction of sp³-hybridized carbons (Fsp3) is 0.684. The van der Waals surface area contributed by atoms with Crippen LogP contribution in [-0.4, -0.2) is 13.2 Å². The Hall–Kier alpha value is -1.02.